The summed E-state index contributed by atoms with van der Waals surface area (Å²) in [7, 11) is 0. The summed E-state index contributed by atoms with van der Waals surface area (Å²) in [6.07, 6.45) is 3.09. The first-order valence-corrected chi connectivity index (χ1v) is 9.60. The highest BCUT2D eigenvalue weighted by molar-refractivity contribution is 7.10. The van der Waals surface area contributed by atoms with E-state index in [1.807, 2.05) is 29.2 Å². The average molecular weight is 362 g/mol. The molecule has 4 aromatic rings. The molecule has 0 bridgehead atoms. The molecule has 1 amide bonds. The van der Waals surface area contributed by atoms with Crippen molar-refractivity contribution in [2.75, 3.05) is 6.54 Å². The van der Waals surface area contributed by atoms with Gasteiger partial charge in [0.25, 0.3) is 5.91 Å². The summed E-state index contributed by atoms with van der Waals surface area (Å²) in [5.41, 5.74) is 2.61. The van der Waals surface area contributed by atoms with Crippen LogP contribution in [0.15, 0.2) is 60.1 Å². The number of fused-ring (bicyclic) bond motifs is 1. The van der Waals surface area contributed by atoms with E-state index < -0.39 is 0 Å². The summed E-state index contributed by atoms with van der Waals surface area (Å²) in [5.74, 6) is 0.00881. The Morgan fingerprint density at radius 2 is 2.15 bits per heavy atom. The maximum Gasteiger partial charge on any atom is 0.274 e. The number of H-pyrrole nitrogens is 1. The number of thiophene rings is 1. The monoisotopic (exact) mass is 362 g/mol. The fraction of sp³-hybridized carbons (Fsp3) is 0.200. The van der Waals surface area contributed by atoms with Crippen molar-refractivity contribution in [1.82, 2.24) is 19.7 Å². The van der Waals surface area contributed by atoms with Gasteiger partial charge in [0.05, 0.1) is 18.3 Å². The van der Waals surface area contributed by atoms with Gasteiger partial charge in [0.2, 0.25) is 0 Å². The van der Waals surface area contributed by atoms with E-state index in [-0.39, 0.29) is 11.9 Å². The topological polar surface area (TPSA) is 53.9 Å². The maximum atomic E-state index is 12.8. The van der Waals surface area contributed by atoms with Gasteiger partial charge < -0.3 is 9.47 Å². The van der Waals surface area contributed by atoms with E-state index in [2.05, 4.69) is 50.6 Å². The van der Waals surface area contributed by atoms with Crippen molar-refractivity contribution in [2.24, 2.45) is 0 Å². The van der Waals surface area contributed by atoms with E-state index in [9.17, 15) is 4.79 Å². The third-order valence-electron chi connectivity index (χ3n) is 5.02. The lowest BCUT2D eigenvalue weighted by molar-refractivity contribution is 0.0461. The number of hydrogen-bond acceptors (Lipinski definition) is 3. The number of likely N-dealkylation sites (tertiary alicyclic amines) is 1. The van der Waals surface area contributed by atoms with Crippen molar-refractivity contribution in [3.63, 3.8) is 0 Å². The minimum Gasteiger partial charge on any atom is -0.341 e. The van der Waals surface area contributed by atoms with Gasteiger partial charge in [0, 0.05) is 23.1 Å². The summed E-state index contributed by atoms with van der Waals surface area (Å²) in [5, 5.41) is 10.6. The Bertz CT molecular complexity index is 1060. The predicted molar refractivity (Wildman–Crippen MR) is 102 cm³/mol. The number of aromatic nitrogens is 3. The molecule has 1 saturated heterocycles. The van der Waals surface area contributed by atoms with E-state index in [1.165, 1.54) is 15.8 Å². The molecule has 0 aliphatic carbocycles. The van der Waals surface area contributed by atoms with Crippen molar-refractivity contribution in [3.8, 4) is 0 Å². The zero-order valence-electron chi connectivity index (χ0n) is 14.1. The minimum absolute atomic E-state index is 0.00881. The lowest BCUT2D eigenvalue weighted by atomic mass is 10.0. The zero-order chi connectivity index (χ0) is 17.5. The number of carbonyl (C=O) groups is 1. The predicted octanol–water partition coefficient (Wildman–Crippen LogP) is 4.06. The van der Waals surface area contributed by atoms with Crippen LogP contribution in [0.25, 0.3) is 10.9 Å². The van der Waals surface area contributed by atoms with E-state index in [0.717, 1.165) is 18.7 Å². The van der Waals surface area contributed by atoms with Gasteiger partial charge in [-0.15, -0.1) is 11.3 Å². The molecule has 1 aliphatic heterocycles. The smallest absolute Gasteiger partial charge is 0.274 e. The van der Waals surface area contributed by atoms with Gasteiger partial charge >= 0.3 is 0 Å². The van der Waals surface area contributed by atoms with Gasteiger partial charge in [0.1, 0.15) is 5.69 Å². The molecule has 1 atom stereocenters. The Balaban J connectivity index is 1.34. The Kier molecular flexibility index (Phi) is 3.64. The van der Waals surface area contributed by atoms with Crippen molar-refractivity contribution in [3.05, 3.63) is 76.4 Å². The van der Waals surface area contributed by atoms with Crippen molar-refractivity contribution >= 4 is 28.1 Å². The Morgan fingerprint density at radius 1 is 1.23 bits per heavy atom. The number of para-hydroxylation sites is 1. The van der Waals surface area contributed by atoms with E-state index in [0.29, 0.717) is 12.2 Å². The summed E-state index contributed by atoms with van der Waals surface area (Å²) < 4.78 is 2.16. The molecule has 5 nitrogen and oxygen atoms in total. The highest BCUT2D eigenvalue weighted by Crippen LogP contribution is 2.36. The summed E-state index contributed by atoms with van der Waals surface area (Å²) in [4.78, 5) is 16.0. The fourth-order valence-electron chi connectivity index (χ4n) is 3.57. The first-order chi connectivity index (χ1) is 12.8. The largest absolute Gasteiger partial charge is 0.341 e. The number of benzene rings is 1. The number of carbonyl (C=O) groups excluding carboxylic acids is 1. The number of hydrogen-bond donors (Lipinski definition) is 1. The second kappa shape index (κ2) is 6.14. The van der Waals surface area contributed by atoms with E-state index >= 15 is 0 Å². The molecule has 5 rings (SSSR count). The number of aromatic amines is 1. The molecule has 0 spiro atoms. The summed E-state index contributed by atoms with van der Waals surface area (Å²) in [6, 6.07) is 16.6. The molecule has 1 aromatic carbocycles. The van der Waals surface area contributed by atoms with Gasteiger partial charge in [-0.3, -0.25) is 9.89 Å². The lowest BCUT2D eigenvalue weighted by Crippen LogP contribution is -2.44. The van der Waals surface area contributed by atoms with Crippen LogP contribution < -0.4 is 0 Å². The van der Waals surface area contributed by atoms with Crippen LogP contribution in [0.1, 0.15) is 33.5 Å². The molecule has 1 aliphatic rings. The molecule has 4 heterocycles. The normalized spacial score (nSPS) is 16.8. The Hall–Kier alpha value is -2.86. The van der Waals surface area contributed by atoms with Crippen LogP contribution in [0.4, 0.5) is 0 Å². The molecule has 6 heteroatoms. The van der Waals surface area contributed by atoms with Crippen LogP contribution >= 0.6 is 11.3 Å². The van der Waals surface area contributed by atoms with Crippen LogP contribution in [0.2, 0.25) is 0 Å². The Morgan fingerprint density at radius 3 is 2.96 bits per heavy atom. The molecule has 26 heavy (non-hydrogen) atoms. The number of nitrogens with zero attached hydrogens (tertiary/aromatic N) is 3. The molecule has 130 valence electrons. The molecular weight excluding hydrogens is 344 g/mol. The van der Waals surface area contributed by atoms with E-state index in [4.69, 9.17) is 0 Å². The quantitative estimate of drug-likeness (QED) is 0.595. The van der Waals surface area contributed by atoms with Gasteiger partial charge in [-0.05, 0) is 41.5 Å². The molecule has 1 fully saturated rings. The van der Waals surface area contributed by atoms with Crippen LogP contribution in [0.5, 0.6) is 0 Å². The first kappa shape index (κ1) is 15.4. The third-order valence-corrected chi connectivity index (χ3v) is 6.00. The van der Waals surface area contributed by atoms with Crippen molar-refractivity contribution < 1.29 is 4.79 Å². The molecule has 0 unspecified atom stereocenters. The standard InChI is InChI=1S/C20H18N4OS/c25-20(24-10-8-18(24)19-6-3-11-26-19)16-12-15(21-22-16)13-23-9-7-14-4-1-2-5-17(14)23/h1-7,9,11-12,18H,8,10,13H2,(H,21,22)/t18-/m0/s1. The Labute approximate surface area is 154 Å². The highest BCUT2D eigenvalue weighted by Gasteiger charge is 2.35. The molecule has 0 saturated carbocycles. The lowest BCUT2D eigenvalue weighted by Gasteiger charge is -2.40. The van der Waals surface area contributed by atoms with Gasteiger partial charge in [0.15, 0.2) is 0 Å². The molecule has 3 aromatic heterocycles. The van der Waals surface area contributed by atoms with E-state index in [1.54, 1.807) is 11.3 Å². The summed E-state index contributed by atoms with van der Waals surface area (Å²) in [6.45, 7) is 1.47. The van der Waals surface area contributed by atoms with Crippen LogP contribution in [-0.4, -0.2) is 32.1 Å². The molecular formula is C20H18N4OS. The van der Waals surface area contributed by atoms with Crippen LogP contribution in [0, 0.1) is 0 Å². The second-order valence-corrected chi connectivity index (χ2v) is 7.58. The molecule has 0 radical (unpaired) electrons. The number of rotatable bonds is 4. The van der Waals surface area contributed by atoms with Gasteiger partial charge in [-0.1, -0.05) is 24.3 Å². The first-order valence-electron chi connectivity index (χ1n) is 8.72. The third kappa shape index (κ3) is 2.54. The average Bonchev–Trinajstić information content (AvgIpc) is 3.36. The molecule has 1 N–H and O–H groups in total. The number of amides is 1. The number of nitrogens with one attached hydrogen (secondary N) is 1. The SMILES string of the molecule is O=C(c1cc(Cn2ccc3ccccc32)[nH]n1)N1CC[C@H]1c1cccs1. The highest BCUT2D eigenvalue weighted by atomic mass is 32.1. The summed E-state index contributed by atoms with van der Waals surface area (Å²) >= 11 is 1.71. The van der Waals surface area contributed by atoms with Gasteiger partial charge in [-0.2, -0.15) is 5.10 Å². The fourth-order valence-corrected chi connectivity index (χ4v) is 4.44. The zero-order valence-corrected chi connectivity index (χ0v) is 14.9. The van der Waals surface area contributed by atoms with Crippen LogP contribution in [-0.2, 0) is 6.54 Å². The van der Waals surface area contributed by atoms with Gasteiger partial charge in [-0.25, -0.2) is 0 Å². The van der Waals surface area contributed by atoms with Crippen molar-refractivity contribution in [1.29, 1.82) is 0 Å². The van der Waals surface area contributed by atoms with Crippen LogP contribution in [0.3, 0.4) is 0 Å². The maximum absolute atomic E-state index is 12.8. The van der Waals surface area contributed by atoms with Crippen molar-refractivity contribution in [2.45, 2.75) is 19.0 Å². The second-order valence-electron chi connectivity index (χ2n) is 6.60. The minimum atomic E-state index is 0.00881.